The molecule has 2 aromatic rings. The van der Waals surface area contributed by atoms with E-state index in [9.17, 15) is 10.2 Å². The molecule has 132 valence electrons. The molecule has 0 unspecified atom stereocenters. The Bertz CT molecular complexity index is 748. The molecule has 0 spiro atoms. The fourth-order valence-corrected chi connectivity index (χ4v) is 3.29. The first-order valence-corrected chi connectivity index (χ1v) is 11.2. The van der Waals surface area contributed by atoms with Crippen LogP contribution in [0.15, 0.2) is 24.3 Å². The van der Waals surface area contributed by atoms with Crippen LogP contribution in [0.25, 0.3) is 10.9 Å². The third kappa shape index (κ3) is 3.69. The fraction of sp³-hybridized carbons (Fsp3) is 0.526. The van der Waals surface area contributed by atoms with Gasteiger partial charge in [0.2, 0.25) is 5.79 Å². The molecule has 4 nitrogen and oxygen atoms in total. The van der Waals surface area contributed by atoms with Crippen LogP contribution >= 0.6 is 0 Å². The highest BCUT2D eigenvalue weighted by molar-refractivity contribution is 6.74. The van der Waals surface area contributed by atoms with Crippen molar-refractivity contribution in [2.45, 2.75) is 58.5 Å². The van der Waals surface area contributed by atoms with Crippen molar-refractivity contribution < 1.29 is 14.6 Å². The van der Waals surface area contributed by atoms with E-state index in [1.807, 2.05) is 32.0 Å². The summed E-state index contributed by atoms with van der Waals surface area (Å²) >= 11 is 0. The highest BCUT2D eigenvalue weighted by atomic mass is 28.4. The molecule has 0 fully saturated rings. The summed E-state index contributed by atoms with van der Waals surface area (Å²) in [6.45, 7) is 14.3. The van der Waals surface area contributed by atoms with E-state index in [-0.39, 0.29) is 11.6 Å². The van der Waals surface area contributed by atoms with Crippen molar-refractivity contribution in [2.75, 3.05) is 6.61 Å². The van der Waals surface area contributed by atoms with Gasteiger partial charge in [-0.2, -0.15) is 0 Å². The monoisotopic (exact) mass is 347 g/mol. The lowest BCUT2D eigenvalue weighted by Gasteiger charge is -2.38. The molecule has 0 aliphatic heterocycles. The van der Waals surface area contributed by atoms with Gasteiger partial charge in [-0.25, -0.2) is 0 Å². The van der Waals surface area contributed by atoms with Crippen molar-refractivity contribution in [3.05, 3.63) is 41.1 Å². The standard InChI is InChI=1S/C19H29NO3Si/c1-13-11-15-9-8-10-16(17(15)20-14(13)2)19(21,22)12-23-24(6,7)18(3,4)5/h8-11,21-22H,12H2,1-7H3. The highest BCUT2D eigenvalue weighted by Gasteiger charge is 2.40. The van der Waals surface area contributed by atoms with E-state index in [1.165, 1.54) is 0 Å². The van der Waals surface area contributed by atoms with Crippen LogP contribution in [0.5, 0.6) is 0 Å². The molecule has 24 heavy (non-hydrogen) atoms. The molecule has 0 aliphatic rings. The van der Waals surface area contributed by atoms with E-state index in [4.69, 9.17) is 4.43 Å². The van der Waals surface area contributed by atoms with Crippen LogP contribution < -0.4 is 0 Å². The second kappa shape index (κ2) is 6.22. The maximum Gasteiger partial charge on any atom is 0.215 e. The number of fused-ring (bicyclic) bond motifs is 1. The molecular formula is C19H29NO3Si. The van der Waals surface area contributed by atoms with Gasteiger partial charge in [-0.3, -0.25) is 4.98 Å². The highest BCUT2D eigenvalue weighted by Crippen LogP contribution is 2.38. The molecule has 2 N–H and O–H groups in total. The van der Waals surface area contributed by atoms with Gasteiger partial charge in [0.25, 0.3) is 0 Å². The van der Waals surface area contributed by atoms with Crippen molar-refractivity contribution in [2.24, 2.45) is 0 Å². The van der Waals surface area contributed by atoms with Crippen molar-refractivity contribution >= 4 is 19.2 Å². The van der Waals surface area contributed by atoms with Crippen LogP contribution in [0.4, 0.5) is 0 Å². The number of hydrogen-bond acceptors (Lipinski definition) is 4. The maximum absolute atomic E-state index is 10.7. The molecular weight excluding hydrogens is 318 g/mol. The third-order valence-corrected chi connectivity index (χ3v) is 9.64. The van der Waals surface area contributed by atoms with Gasteiger partial charge in [-0.05, 0) is 43.6 Å². The number of hydrogen-bond donors (Lipinski definition) is 2. The average Bonchev–Trinajstić information content (AvgIpc) is 2.45. The summed E-state index contributed by atoms with van der Waals surface area (Å²) in [5.74, 6) is -2.07. The molecule has 0 saturated heterocycles. The first-order valence-electron chi connectivity index (χ1n) is 8.31. The molecule has 1 heterocycles. The van der Waals surface area contributed by atoms with Crippen LogP contribution in [0.1, 0.15) is 37.6 Å². The van der Waals surface area contributed by atoms with Gasteiger partial charge in [0, 0.05) is 16.6 Å². The van der Waals surface area contributed by atoms with Gasteiger partial charge in [-0.15, -0.1) is 0 Å². The Morgan fingerprint density at radius 3 is 2.33 bits per heavy atom. The van der Waals surface area contributed by atoms with Crippen LogP contribution in [0, 0.1) is 13.8 Å². The minimum atomic E-state index is -2.08. The lowest BCUT2D eigenvalue weighted by atomic mass is 10.0. The van der Waals surface area contributed by atoms with Crippen LogP contribution in [-0.4, -0.2) is 30.1 Å². The summed E-state index contributed by atoms with van der Waals surface area (Å²) in [5.41, 5.74) is 2.97. The lowest BCUT2D eigenvalue weighted by Crippen LogP contribution is -2.45. The van der Waals surface area contributed by atoms with Gasteiger partial charge in [0.1, 0.15) is 0 Å². The predicted molar refractivity (Wildman–Crippen MR) is 100 cm³/mol. The van der Waals surface area contributed by atoms with Gasteiger partial charge in [-0.1, -0.05) is 39.0 Å². The summed E-state index contributed by atoms with van der Waals surface area (Å²) < 4.78 is 6.03. The molecule has 0 bridgehead atoms. The van der Waals surface area contributed by atoms with Crippen molar-refractivity contribution in [1.29, 1.82) is 0 Å². The smallest absolute Gasteiger partial charge is 0.215 e. The van der Waals surface area contributed by atoms with E-state index in [0.29, 0.717) is 11.1 Å². The fourth-order valence-electron chi connectivity index (χ4n) is 2.29. The Balaban J connectivity index is 2.39. The van der Waals surface area contributed by atoms with Crippen molar-refractivity contribution in [3.63, 3.8) is 0 Å². The zero-order valence-corrected chi connectivity index (χ0v) is 16.8. The summed E-state index contributed by atoms with van der Waals surface area (Å²) in [4.78, 5) is 4.57. The molecule has 1 aromatic carbocycles. The molecule has 0 amide bonds. The number of aryl methyl sites for hydroxylation is 2. The minimum Gasteiger partial charge on any atom is -0.411 e. The molecule has 2 rings (SSSR count). The van der Waals surface area contributed by atoms with E-state index in [1.54, 1.807) is 6.07 Å². The number of rotatable bonds is 4. The Hall–Kier alpha value is -1.27. The van der Waals surface area contributed by atoms with E-state index < -0.39 is 14.1 Å². The topological polar surface area (TPSA) is 62.6 Å². The number of benzene rings is 1. The molecule has 0 saturated carbocycles. The summed E-state index contributed by atoms with van der Waals surface area (Å²) in [5, 5.41) is 22.3. The quantitative estimate of drug-likeness (QED) is 0.648. The summed E-state index contributed by atoms with van der Waals surface area (Å²) in [6, 6.07) is 7.48. The SMILES string of the molecule is Cc1cc2cccc(C(O)(O)CO[Si](C)(C)C(C)(C)C)c2nc1C. The first kappa shape index (κ1) is 19.1. The molecule has 1 aromatic heterocycles. The molecule has 0 atom stereocenters. The van der Waals surface area contributed by atoms with Gasteiger partial charge >= 0.3 is 0 Å². The van der Waals surface area contributed by atoms with Gasteiger partial charge < -0.3 is 14.6 Å². The number of aliphatic hydroxyl groups is 2. The Morgan fingerprint density at radius 2 is 1.75 bits per heavy atom. The van der Waals surface area contributed by atoms with E-state index in [2.05, 4.69) is 38.8 Å². The number of aromatic nitrogens is 1. The van der Waals surface area contributed by atoms with E-state index in [0.717, 1.165) is 16.6 Å². The van der Waals surface area contributed by atoms with Crippen LogP contribution in [0.3, 0.4) is 0 Å². The Kier molecular flexibility index (Phi) is 4.94. The number of nitrogens with zero attached hydrogens (tertiary/aromatic N) is 1. The van der Waals surface area contributed by atoms with Crippen molar-refractivity contribution in [3.8, 4) is 0 Å². The third-order valence-electron chi connectivity index (χ3n) is 5.16. The average molecular weight is 348 g/mol. The molecule has 0 aliphatic carbocycles. The van der Waals surface area contributed by atoms with E-state index >= 15 is 0 Å². The normalized spacial score (nSPS) is 13.5. The maximum atomic E-state index is 10.7. The summed E-state index contributed by atoms with van der Waals surface area (Å²) in [6.07, 6.45) is 0. The zero-order valence-electron chi connectivity index (χ0n) is 15.8. The second-order valence-electron chi connectivity index (χ2n) is 8.13. The minimum absolute atomic E-state index is 0.00772. The Labute approximate surface area is 145 Å². The second-order valence-corrected chi connectivity index (χ2v) is 12.9. The lowest BCUT2D eigenvalue weighted by molar-refractivity contribution is -0.191. The first-order chi connectivity index (χ1) is 10.8. The van der Waals surface area contributed by atoms with Gasteiger partial charge in [0.15, 0.2) is 8.32 Å². The van der Waals surface area contributed by atoms with Crippen LogP contribution in [0.2, 0.25) is 18.1 Å². The largest absolute Gasteiger partial charge is 0.411 e. The zero-order chi connectivity index (χ0) is 18.3. The van der Waals surface area contributed by atoms with Crippen LogP contribution in [-0.2, 0) is 10.2 Å². The van der Waals surface area contributed by atoms with Crippen molar-refractivity contribution in [1.82, 2.24) is 4.98 Å². The molecule has 0 radical (unpaired) electrons. The molecule has 5 heteroatoms. The number of para-hydroxylation sites is 1. The predicted octanol–water partition coefficient (Wildman–Crippen LogP) is 4.01. The summed E-state index contributed by atoms with van der Waals surface area (Å²) in [7, 11) is -2.08. The van der Waals surface area contributed by atoms with Gasteiger partial charge in [0.05, 0.1) is 12.1 Å². The number of pyridine rings is 1. The Morgan fingerprint density at radius 1 is 1.12 bits per heavy atom.